The molecule has 1 aliphatic heterocycles. The lowest BCUT2D eigenvalue weighted by Gasteiger charge is -2.25. The Labute approximate surface area is 136 Å². The van der Waals surface area contributed by atoms with E-state index in [1.165, 1.54) is 4.90 Å². The first-order valence-corrected chi connectivity index (χ1v) is 9.11. The van der Waals surface area contributed by atoms with Crippen molar-refractivity contribution in [2.45, 2.75) is 30.2 Å². The molecular weight excluding hydrogens is 296 g/mol. The summed E-state index contributed by atoms with van der Waals surface area (Å²) in [6.45, 7) is 3.21. The predicted molar refractivity (Wildman–Crippen MR) is 89.2 cm³/mol. The molecule has 1 aromatic carbocycles. The van der Waals surface area contributed by atoms with E-state index < -0.39 is 0 Å². The van der Waals surface area contributed by atoms with Crippen LogP contribution in [0.3, 0.4) is 0 Å². The van der Waals surface area contributed by atoms with Crippen molar-refractivity contribution in [3.8, 4) is 0 Å². The third-order valence-electron chi connectivity index (χ3n) is 4.12. The van der Waals surface area contributed by atoms with Gasteiger partial charge in [0.1, 0.15) is 0 Å². The van der Waals surface area contributed by atoms with E-state index in [2.05, 4.69) is 17.4 Å². The summed E-state index contributed by atoms with van der Waals surface area (Å²) in [5.74, 6) is 1.42. The van der Waals surface area contributed by atoms with Crippen LogP contribution in [-0.4, -0.2) is 49.0 Å². The fraction of sp³-hybridized carbons (Fsp3) is 0.588. The van der Waals surface area contributed by atoms with Gasteiger partial charge in [-0.15, -0.1) is 11.8 Å². The van der Waals surface area contributed by atoms with E-state index in [1.807, 2.05) is 23.1 Å². The fourth-order valence-electron chi connectivity index (χ4n) is 2.73. The number of nitrogens with one attached hydrogen (secondary N) is 1. The number of hydrogen-bond acceptors (Lipinski definition) is 3. The van der Waals surface area contributed by atoms with Crippen molar-refractivity contribution in [1.29, 1.82) is 0 Å². The highest BCUT2D eigenvalue weighted by molar-refractivity contribution is 7.99. The van der Waals surface area contributed by atoms with Crippen molar-refractivity contribution in [2.75, 3.05) is 32.1 Å². The van der Waals surface area contributed by atoms with E-state index in [9.17, 15) is 4.79 Å². The van der Waals surface area contributed by atoms with Gasteiger partial charge < -0.3 is 15.0 Å². The van der Waals surface area contributed by atoms with E-state index in [0.717, 1.165) is 44.8 Å². The Kier molecular flexibility index (Phi) is 5.62. The summed E-state index contributed by atoms with van der Waals surface area (Å²) >= 11 is 1.78. The van der Waals surface area contributed by atoms with Crippen LogP contribution < -0.4 is 5.32 Å². The van der Waals surface area contributed by atoms with Gasteiger partial charge in [0, 0.05) is 42.3 Å². The second-order valence-corrected chi connectivity index (χ2v) is 7.17. The standard InChI is InChI=1S/C17H24N2O2S/c20-17(18-9-11-22-16-4-2-1-3-5-16)19(15-6-7-15)12-14-8-10-21-13-14/h1-5,14-15H,6-13H2,(H,18,20). The van der Waals surface area contributed by atoms with Gasteiger partial charge in [0.15, 0.2) is 0 Å². The Morgan fingerprint density at radius 3 is 2.77 bits per heavy atom. The number of amides is 2. The minimum atomic E-state index is 0.100. The maximum Gasteiger partial charge on any atom is 0.317 e. The minimum absolute atomic E-state index is 0.100. The first-order valence-electron chi connectivity index (χ1n) is 8.13. The number of hydrogen-bond donors (Lipinski definition) is 1. The number of rotatable bonds is 7. The average molecular weight is 320 g/mol. The van der Waals surface area contributed by atoms with Crippen molar-refractivity contribution in [2.24, 2.45) is 5.92 Å². The first kappa shape index (κ1) is 15.7. The molecule has 5 heteroatoms. The molecule has 120 valence electrons. The number of benzene rings is 1. The van der Waals surface area contributed by atoms with Gasteiger partial charge in [-0.05, 0) is 31.4 Å². The predicted octanol–water partition coefficient (Wildman–Crippen LogP) is 2.99. The summed E-state index contributed by atoms with van der Waals surface area (Å²) in [5.41, 5.74) is 0. The molecule has 1 N–H and O–H groups in total. The lowest BCUT2D eigenvalue weighted by atomic mass is 10.1. The van der Waals surface area contributed by atoms with Crippen molar-refractivity contribution in [3.05, 3.63) is 30.3 Å². The van der Waals surface area contributed by atoms with Crippen LogP contribution in [0.5, 0.6) is 0 Å². The molecule has 0 aromatic heterocycles. The highest BCUT2D eigenvalue weighted by atomic mass is 32.2. The molecule has 2 aliphatic rings. The van der Waals surface area contributed by atoms with Crippen LogP contribution in [0.1, 0.15) is 19.3 Å². The Morgan fingerprint density at radius 1 is 1.27 bits per heavy atom. The molecule has 1 saturated heterocycles. The third kappa shape index (κ3) is 4.65. The topological polar surface area (TPSA) is 41.6 Å². The van der Waals surface area contributed by atoms with E-state index in [1.54, 1.807) is 11.8 Å². The van der Waals surface area contributed by atoms with Gasteiger partial charge in [0.2, 0.25) is 0 Å². The Balaban J connectivity index is 1.39. The quantitative estimate of drug-likeness (QED) is 0.620. The summed E-state index contributed by atoms with van der Waals surface area (Å²) < 4.78 is 5.42. The van der Waals surface area contributed by atoms with E-state index in [0.29, 0.717) is 18.5 Å². The molecule has 1 atom stereocenters. The van der Waals surface area contributed by atoms with E-state index in [4.69, 9.17) is 4.74 Å². The summed E-state index contributed by atoms with van der Waals surface area (Å²) in [6, 6.07) is 10.9. The van der Waals surface area contributed by atoms with Crippen LogP contribution in [0.4, 0.5) is 4.79 Å². The molecule has 0 radical (unpaired) electrons. The molecule has 1 saturated carbocycles. The van der Waals surface area contributed by atoms with Gasteiger partial charge in [-0.1, -0.05) is 18.2 Å². The monoisotopic (exact) mass is 320 g/mol. The maximum atomic E-state index is 12.4. The van der Waals surface area contributed by atoms with Crippen LogP contribution in [0.15, 0.2) is 35.2 Å². The number of urea groups is 1. The molecule has 1 aromatic rings. The molecule has 1 heterocycles. The molecule has 2 fully saturated rings. The van der Waals surface area contributed by atoms with Gasteiger partial charge in [0.05, 0.1) is 6.61 Å². The maximum absolute atomic E-state index is 12.4. The van der Waals surface area contributed by atoms with Crippen molar-refractivity contribution >= 4 is 17.8 Å². The van der Waals surface area contributed by atoms with Crippen molar-refractivity contribution in [3.63, 3.8) is 0 Å². The summed E-state index contributed by atoms with van der Waals surface area (Å²) in [7, 11) is 0. The number of nitrogens with zero attached hydrogens (tertiary/aromatic N) is 1. The largest absolute Gasteiger partial charge is 0.381 e. The average Bonchev–Trinajstić information content (AvgIpc) is 3.26. The van der Waals surface area contributed by atoms with Crippen LogP contribution in [-0.2, 0) is 4.74 Å². The fourth-order valence-corrected chi connectivity index (χ4v) is 3.52. The Morgan fingerprint density at radius 2 is 2.09 bits per heavy atom. The lowest BCUT2D eigenvalue weighted by molar-refractivity contribution is 0.162. The van der Waals surface area contributed by atoms with Gasteiger partial charge >= 0.3 is 6.03 Å². The van der Waals surface area contributed by atoms with Gasteiger partial charge in [-0.3, -0.25) is 0 Å². The molecule has 0 spiro atoms. The number of thioether (sulfide) groups is 1. The van der Waals surface area contributed by atoms with Gasteiger partial charge in [-0.25, -0.2) is 4.79 Å². The molecule has 3 rings (SSSR count). The molecule has 4 nitrogen and oxygen atoms in total. The molecule has 1 aliphatic carbocycles. The smallest absolute Gasteiger partial charge is 0.317 e. The first-order chi connectivity index (χ1) is 10.8. The van der Waals surface area contributed by atoms with Crippen LogP contribution in [0.2, 0.25) is 0 Å². The third-order valence-corrected chi connectivity index (χ3v) is 5.13. The minimum Gasteiger partial charge on any atom is -0.381 e. The second kappa shape index (κ2) is 7.88. The van der Waals surface area contributed by atoms with Gasteiger partial charge in [0.25, 0.3) is 0 Å². The van der Waals surface area contributed by atoms with Crippen molar-refractivity contribution < 1.29 is 9.53 Å². The Bertz CT molecular complexity index is 473. The summed E-state index contributed by atoms with van der Waals surface area (Å²) in [6.07, 6.45) is 3.39. The Hall–Kier alpha value is -1.20. The number of carbonyl (C=O) groups excluding carboxylic acids is 1. The van der Waals surface area contributed by atoms with Crippen molar-refractivity contribution in [1.82, 2.24) is 10.2 Å². The lowest BCUT2D eigenvalue weighted by Crippen LogP contribution is -2.44. The highest BCUT2D eigenvalue weighted by Crippen LogP contribution is 2.29. The van der Waals surface area contributed by atoms with Gasteiger partial charge in [-0.2, -0.15) is 0 Å². The summed E-state index contributed by atoms with van der Waals surface area (Å²) in [4.78, 5) is 15.7. The summed E-state index contributed by atoms with van der Waals surface area (Å²) in [5, 5.41) is 3.07. The van der Waals surface area contributed by atoms with Crippen LogP contribution >= 0.6 is 11.8 Å². The number of carbonyl (C=O) groups is 1. The SMILES string of the molecule is O=C(NCCSc1ccccc1)N(CC1CCOC1)C1CC1. The second-order valence-electron chi connectivity index (χ2n) is 6.01. The van der Waals surface area contributed by atoms with E-state index in [-0.39, 0.29) is 6.03 Å². The molecule has 1 unspecified atom stereocenters. The highest BCUT2D eigenvalue weighted by Gasteiger charge is 2.34. The molecule has 22 heavy (non-hydrogen) atoms. The zero-order valence-corrected chi connectivity index (χ0v) is 13.7. The molecular formula is C17H24N2O2S. The molecule has 2 amide bonds. The zero-order valence-electron chi connectivity index (χ0n) is 12.9. The van der Waals surface area contributed by atoms with Crippen LogP contribution in [0.25, 0.3) is 0 Å². The normalized spacial score (nSPS) is 20.8. The molecule has 0 bridgehead atoms. The van der Waals surface area contributed by atoms with Crippen LogP contribution in [0, 0.1) is 5.92 Å². The van der Waals surface area contributed by atoms with E-state index >= 15 is 0 Å². The number of ether oxygens (including phenoxy) is 1. The zero-order chi connectivity index (χ0) is 15.2.